The van der Waals surface area contributed by atoms with Crippen molar-refractivity contribution in [1.82, 2.24) is 19.7 Å². The smallest absolute Gasteiger partial charge is 0.345 e. The molecule has 0 aliphatic carbocycles. The van der Waals surface area contributed by atoms with Gasteiger partial charge in [0.1, 0.15) is 5.58 Å². The number of fused-ring (bicyclic) bond motifs is 3. The van der Waals surface area contributed by atoms with E-state index < -0.39 is 0 Å². The fourth-order valence-electron chi connectivity index (χ4n) is 5.06. The number of nitrogens with one attached hydrogen (secondary N) is 1. The van der Waals surface area contributed by atoms with E-state index in [9.17, 15) is 4.79 Å². The predicted molar refractivity (Wildman–Crippen MR) is 116 cm³/mol. The number of aromatic nitrogens is 3. The molecular weight excluding hydrogens is 378 g/mol. The Balaban J connectivity index is 1.42. The van der Waals surface area contributed by atoms with E-state index in [2.05, 4.69) is 26.3 Å². The zero-order chi connectivity index (χ0) is 20.4. The number of aryl methyl sites for hydroxylation is 2. The summed E-state index contributed by atoms with van der Waals surface area (Å²) in [5.74, 6) is 0.715. The van der Waals surface area contributed by atoms with E-state index in [0.717, 1.165) is 47.7 Å². The zero-order valence-electron chi connectivity index (χ0n) is 17.1. The molecule has 2 saturated heterocycles. The first kappa shape index (κ1) is 17.7. The lowest BCUT2D eigenvalue weighted by atomic mass is 10.0. The molecule has 2 aliphatic rings. The molecule has 1 aromatic carbocycles. The van der Waals surface area contributed by atoms with Crippen molar-refractivity contribution >= 4 is 22.3 Å². The molecule has 0 unspecified atom stereocenters. The molecule has 0 saturated carbocycles. The van der Waals surface area contributed by atoms with Crippen LogP contribution < -0.4 is 15.8 Å². The van der Waals surface area contributed by atoms with Crippen LogP contribution in [0, 0.1) is 19.8 Å². The van der Waals surface area contributed by atoms with E-state index >= 15 is 0 Å². The summed E-state index contributed by atoms with van der Waals surface area (Å²) in [6.07, 6.45) is 4.98. The van der Waals surface area contributed by atoms with Crippen LogP contribution in [0.1, 0.15) is 17.8 Å². The van der Waals surface area contributed by atoms with Crippen LogP contribution >= 0.6 is 0 Å². The van der Waals surface area contributed by atoms with Gasteiger partial charge in [0, 0.05) is 55.2 Å². The van der Waals surface area contributed by atoms with E-state index in [1.165, 1.54) is 6.42 Å². The largest absolute Gasteiger partial charge is 0.422 e. The van der Waals surface area contributed by atoms with Crippen LogP contribution in [0.5, 0.6) is 0 Å². The molecule has 1 N–H and O–H groups in total. The lowest BCUT2D eigenvalue weighted by Gasteiger charge is -2.25. The molecule has 0 radical (unpaired) electrons. The fraction of sp³-hybridized carbons (Fsp3) is 0.348. The Hall–Kier alpha value is -3.19. The van der Waals surface area contributed by atoms with Crippen molar-refractivity contribution in [3.05, 3.63) is 58.5 Å². The molecule has 3 aromatic heterocycles. The maximum atomic E-state index is 12.8. The lowest BCUT2D eigenvalue weighted by Crippen LogP contribution is -2.34. The summed E-state index contributed by atoms with van der Waals surface area (Å²) in [5, 5.41) is 4.39. The number of rotatable bonds is 2. The molecule has 2 aliphatic heterocycles. The second-order valence-electron chi connectivity index (χ2n) is 8.46. The molecule has 7 nitrogen and oxygen atoms in total. The Kier molecular flexibility index (Phi) is 3.77. The van der Waals surface area contributed by atoms with Crippen LogP contribution in [-0.2, 0) is 0 Å². The third-order valence-corrected chi connectivity index (χ3v) is 6.50. The highest BCUT2D eigenvalue weighted by molar-refractivity contribution is 5.84. The number of imidazole rings is 1. The standard InChI is InChI=1S/C23H23N5O2/c1-13-11-27-12-19(26-22(27)14(2)25-13)18-7-15-3-4-17(8-21(15)30-23(18)29)28-6-5-16-9-24-10-20(16)28/h3-4,7-8,11-12,16,20,24H,5-6,9-10H2,1-2H3/t16-,20+/m0/s1. The molecule has 4 aromatic rings. The molecule has 6 rings (SSSR count). The second-order valence-corrected chi connectivity index (χ2v) is 8.46. The van der Waals surface area contributed by atoms with Gasteiger partial charge in [-0.25, -0.2) is 9.78 Å². The van der Waals surface area contributed by atoms with Crippen molar-refractivity contribution < 1.29 is 4.42 Å². The number of benzene rings is 1. The predicted octanol–water partition coefficient (Wildman–Crippen LogP) is 2.92. The highest BCUT2D eigenvalue weighted by Crippen LogP contribution is 2.33. The Bertz CT molecular complexity index is 1360. The second kappa shape index (κ2) is 6.40. The third kappa shape index (κ3) is 2.65. The van der Waals surface area contributed by atoms with Gasteiger partial charge in [-0.3, -0.25) is 4.98 Å². The van der Waals surface area contributed by atoms with Crippen molar-refractivity contribution in [2.24, 2.45) is 5.92 Å². The average molecular weight is 401 g/mol. The minimum Gasteiger partial charge on any atom is -0.422 e. The molecule has 2 atom stereocenters. The van der Waals surface area contributed by atoms with Crippen molar-refractivity contribution in [3.8, 4) is 11.3 Å². The number of hydrogen-bond donors (Lipinski definition) is 1. The van der Waals surface area contributed by atoms with E-state index in [4.69, 9.17) is 4.42 Å². The van der Waals surface area contributed by atoms with Crippen LogP contribution in [0.15, 0.2) is 45.9 Å². The van der Waals surface area contributed by atoms with Crippen molar-refractivity contribution in [1.29, 1.82) is 0 Å². The normalized spacial score (nSPS) is 21.1. The lowest BCUT2D eigenvalue weighted by molar-refractivity contribution is 0.562. The Morgan fingerprint density at radius 1 is 1.13 bits per heavy atom. The van der Waals surface area contributed by atoms with Gasteiger partial charge in [0.05, 0.1) is 22.6 Å². The van der Waals surface area contributed by atoms with Crippen LogP contribution in [0.3, 0.4) is 0 Å². The first-order valence-electron chi connectivity index (χ1n) is 10.5. The van der Waals surface area contributed by atoms with E-state index in [-0.39, 0.29) is 5.63 Å². The third-order valence-electron chi connectivity index (χ3n) is 6.50. The first-order chi connectivity index (χ1) is 14.6. The maximum absolute atomic E-state index is 12.8. The number of nitrogens with zero attached hydrogens (tertiary/aromatic N) is 4. The molecule has 30 heavy (non-hydrogen) atoms. The number of hydrogen-bond acceptors (Lipinski definition) is 6. The zero-order valence-corrected chi connectivity index (χ0v) is 17.1. The van der Waals surface area contributed by atoms with Crippen LogP contribution in [-0.4, -0.2) is 40.0 Å². The molecule has 5 heterocycles. The Morgan fingerprint density at radius 2 is 2.03 bits per heavy atom. The average Bonchev–Trinajstić information content (AvgIpc) is 3.42. The minimum absolute atomic E-state index is 0.368. The number of anilines is 1. The molecule has 0 amide bonds. The van der Waals surface area contributed by atoms with Crippen LogP contribution in [0.25, 0.3) is 27.9 Å². The van der Waals surface area contributed by atoms with Gasteiger partial charge in [-0.2, -0.15) is 0 Å². The molecule has 2 fully saturated rings. The monoisotopic (exact) mass is 401 g/mol. The molecule has 0 spiro atoms. The van der Waals surface area contributed by atoms with E-state index in [0.29, 0.717) is 28.8 Å². The summed E-state index contributed by atoms with van der Waals surface area (Å²) in [7, 11) is 0. The summed E-state index contributed by atoms with van der Waals surface area (Å²) < 4.78 is 7.66. The minimum atomic E-state index is -0.368. The molecule has 0 bridgehead atoms. The van der Waals surface area contributed by atoms with Gasteiger partial charge in [-0.15, -0.1) is 0 Å². The van der Waals surface area contributed by atoms with Crippen molar-refractivity contribution in [2.45, 2.75) is 26.3 Å². The van der Waals surface area contributed by atoms with Crippen LogP contribution in [0.4, 0.5) is 5.69 Å². The molecule has 7 heteroatoms. The van der Waals surface area contributed by atoms with Gasteiger partial charge in [-0.1, -0.05) is 0 Å². The highest BCUT2D eigenvalue weighted by atomic mass is 16.4. The first-order valence-corrected chi connectivity index (χ1v) is 10.5. The summed E-state index contributed by atoms with van der Waals surface area (Å²) >= 11 is 0. The van der Waals surface area contributed by atoms with Crippen molar-refractivity contribution in [2.75, 3.05) is 24.5 Å². The Morgan fingerprint density at radius 3 is 2.93 bits per heavy atom. The van der Waals surface area contributed by atoms with Gasteiger partial charge in [0.2, 0.25) is 0 Å². The molecular formula is C23H23N5O2. The summed E-state index contributed by atoms with van der Waals surface area (Å²) in [4.78, 5) is 24.4. The van der Waals surface area contributed by atoms with Crippen LogP contribution in [0.2, 0.25) is 0 Å². The van der Waals surface area contributed by atoms with E-state index in [1.54, 1.807) is 0 Å². The molecule has 152 valence electrons. The topological polar surface area (TPSA) is 75.7 Å². The fourth-order valence-corrected chi connectivity index (χ4v) is 5.06. The van der Waals surface area contributed by atoms with Gasteiger partial charge in [-0.05, 0) is 44.4 Å². The summed E-state index contributed by atoms with van der Waals surface area (Å²) in [6, 6.07) is 8.59. The quantitative estimate of drug-likeness (QED) is 0.521. The Labute approximate surface area is 173 Å². The van der Waals surface area contributed by atoms with Crippen molar-refractivity contribution in [3.63, 3.8) is 0 Å². The SMILES string of the molecule is Cc1cn2cc(-c3cc4ccc(N5CC[C@H]6CNC[C@H]65)cc4oc3=O)nc2c(C)n1. The maximum Gasteiger partial charge on any atom is 0.345 e. The van der Waals surface area contributed by atoms with Gasteiger partial charge < -0.3 is 19.0 Å². The van der Waals surface area contributed by atoms with Gasteiger partial charge in [0.25, 0.3) is 0 Å². The van der Waals surface area contributed by atoms with Gasteiger partial charge >= 0.3 is 5.63 Å². The van der Waals surface area contributed by atoms with Gasteiger partial charge in [0.15, 0.2) is 5.65 Å². The summed E-state index contributed by atoms with van der Waals surface area (Å²) in [6.45, 7) is 7.04. The van der Waals surface area contributed by atoms with E-state index in [1.807, 2.05) is 48.8 Å². The summed E-state index contributed by atoms with van der Waals surface area (Å²) in [5.41, 5.74) is 4.94. The highest BCUT2D eigenvalue weighted by Gasteiger charge is 2.37.